The number of hydrogen-bond acceptors (Lipinski definition) is 9. The first-order valence-electron chi connectivity index (χ1n) is 10.6. The highest BCUT2D eigenvalue weighted by Crippen LogP contribution is 2.25. The molecule has 0 aliphatic carbocycles. The highest BCUT2D eigenvalue weighted by atomic mass is 32.1. The summed E-state index contributed by atoms with van der Waals surface area (Å²) in [6.07, 6.45) is -0.191. The summed E-state index contributed by atoms with van der Waals surface area (Å²) in [4.78, 5) is 25.5. The van der Waals surface area contributed by atoms with E-state index in [0.717, 1.165) is 0 Å². The summed E-state index contributed by atoms with van der Waals surface area (Å²) in [5.41, 5.74) is 6.88. The molecule has 0 radical (unpaired) electrons. The van der Waals surface area contributed by atoms with Crippen LogP contribution in [0.25, 0.3) is 11.3 Å². The van der Waals surface area contributed by atoms with Crippen LogP contribution in [0.3, 0.4) is 0 Å². The van der Waals surface area contributed by atoms with E-state index in [-0.39, 0.29) is 51.6 Å². The lowest BCUT2D eigenvalue weighted by atomic mass is 10.2. The molecule has 0 aliphatic heterocycles. The summed E-state index contributed by atoms with van der Waals surface area (Å²) in [7, 11) is 0. The number of nitrogens with two attached hydrogens (primary N) is 1. The van der Waals surface area contributed by atoms with Crippen molar-refractivity contribution in [1.29, 1.82) is 0 Å². The Kier molecular flexibility index (Phi) is 7.51. The van der Waals surface area contributed by atoms with E-state index in [1.54, 1.807) is 66.7 Å². The fourth-order valence-corrected chi connectivity index (χ4v) is 3.27. The van der Waals surface area contributed by atoms with Gasteiger partial charge in [-0.05, 0) is 41.3 Å². The van der Waals surface area contributed by atoms with Gasteiger partial charge in [-0.25, -0.2) is 4.79 Å². The summed E-state index contributed by atoms with van der Waals surface area (Å²) in [6, 6.07) is 21.2. The average Bonchev–Trinajstić information content (AvgIpc) is 3.25. The number of rotatable bonds is 9. The van der Waals surface area contributed by atoms with E-state index >= 15 is 0 Å². The lowest BCUT2D eigenvalue weighted by Crippen LogP contribution is -2.25. The maximum absolute atomic E-state index is 12.7. The fraction of sp³-hybridized carbons (Fsp3) is 0.0800. The Balaban J connectivity index is 1.36. The number of ether oxygens (including phenoxy) is 3. The molecule has 4 rings (SSSR count). The Morgan fingerprint density at radius 1 is 0.972 bits per heavy atom. The van der Waals surface area contributed by atoms with Gasteiger partial charge in [0, 0.05) is 11.1 Å². The lowest BCUT2D eigenvalue weighted by Gasteiger charge is -2.10. The van der Waals surface area contributed by atoms with Crippen LogP contribution in [0.1, 0.15) is 22.3 Å². The van der Waals surface area contributed by atoms with Gasteiger partial charge < -0.3 is 25.2 Å². The number of benzene rings is 3. The van der Waals surface area contributed by atoms with Crippen molar-refractivity contribution < 1.29 is 33.3 Å². The van der Waals surface area contributed by atoms with Gasteiger partial charge >= 0.3 is 17.8 Å². The summed E-state index contributed by atoms with van der Waals surface area (Å²) in [5.74, 6) is -1.15. The zero-order valence-electron chi connectivity index (χ0n) is 18.7. The largest absolute Gasteiger partial charge is 0.454 e. The quantitative estimate of drug-likeness (QED) is 0.156. The molecule has 0 atom stereocenters. The van der Waals surface area contributed by atoms with Gasteiger partial charge in [0.25, 0.3) is 5.69 Å². The molecule has 0 fully saturated rings. The van der Waals surface area contributed by atoms with Crippen LogP contribution in [0.15, 0.2) is 83.5 Å². The van der Waals surface area contributed by atoms with Crippen molar-refractivity contribution in [2.24, 2.45) is 5.73 Å². The molecule has 1 heterocycles. The van der Waals surface area contributed by atoms with E-state index in [2.05, 4.69) is 9.79 Å². The van der Waals surface area contributed by atoms with Crippen molar-refractivity contribution in [2.45, 2.75) is 6.42 Å². The molecule has 0 aliphatic rings. The van der Waals surface area contributed by atoms with Crippen LogP contribution in [0.5, 0.6) is 17.4 Å². The predicted molar refractivity (Wildman–Crippen MR) is 130 cm³/mol. The second-order valence-electron chi connectivity index (χ2n) is 7.30. The number of esters is 2. The Bertz CT molecular complexity index is 1390. The number of nitrogens with zero attached hydrogens (tertiary/aromatic N) is 2. The van der Waals surface area contributed by atoms with Crippen LogP contribution < -0.4 is 24.8 Å². The molecule has 2 N–H and O–H groups in total. The van der Waals surface area contributed by atoms with Crippen molar-refractivity contribution in [3.05, 3.63) is 95.2 Å². The molecule has 0 saturated carbocycles. The van der Waals surface area contributed by atoms with Crippen LogP contribution in [-0.4, -0.2) is 28.7 Å². The van der Waals surface area contributed by atoms with Crippen molar-refractivity contribution >= 4 is 29.1 Å². The lowest BCUT2D eigenvalue weighted by molar-refractivity contribution is -0.793. The standard InChI is InChI=1S/C25H19N3O7S/c26-23(36)17-10-12-18(13-11-17)33-25(30)19-8-4-5-9-20(19)34-21(29)14-15-32-24-22(28(31)35-27-24)16-6-2-1-3-7-16/h1-13H,14-15H2,(H2,26,36). The van der Waals surface area contributed by atoms with Crippen LogP contribution >= 0.6 is 12.2 Å². The van der Waals surface area contributed by atoms with Gasteiger partial charge in [-0.15, -0.1) is 0 Å². The van der Waals surface area contributed by atoms with E-state index < -0.39 is 11.9 Å². The maximum atomic E-state index is 12.7. The number of thiocarbonyl (C=S) groups is 1. The molecular formula is C25H19N3O7S. The van der Waals surface area contributed by atoms with E-state index in [4.69, 9.17) is 32.2 Å². The molecular weight excluding hydrogens is 486 g/mol. The average molecular weight is 506 g/mol. The zero-order valence-corrected chi connectivity index (χ0v) is 19.5. The number of carbonyl (C=O) groups is 2. The Morgan fingerprint density at radius 3 is 2.39 bits per heavy atom. The number of hydrogen-bond donors (Lipinski definition) is 1. The molecule has 11 heteroatoms. The predicted octanol–water partition coefficient (Wildman–Crippen LogP) is 3.20. The summed E-state index contributed by atoms with van der Waals surface area (Å²) in [5, 5.41) is 15.5. The van der Waals surface area contributed by atoms with Gasteiger partial charge in [-0.1, -0.05) is 54.7 Å². The minimum absolute atomic E-state index is 0.0241. The van der Waals surface area contributed by atoms with Crippen LogP contribution in [0, 0.1) is 5.21 Å². The van der Waals surface area contributed by atoms with Crippen LogP contribution in [0.2, 0.25) is 0 Å². The first-order chi connectivity index (χ1) is 17.4. The smallest absolute Gasteiger partial charge is 0.402 e. The van der Waals surface area contributed by atoms with Gasteiger partial charge in [0.15, 0.2) is 0 Å². The minimum Gasteiger partial charge on any atom is -0.454 e. The number of aromatic nitrogens is 2. The van der Waals surface area contributed by atoms with Crippen molar-refractivity contribution in [2.75, 3.05) is 6.61 Å². The van der Waals surface area contributed by atoms with E-state index in [1.807, 2.05) is 0 Å². The number of carbonyl (C=O) groups excluding carboxylic acids is 2. The molecule has 1 aromatic heterocycles. The third-order valence-electron chi connectivity index (χ3n) is 4.86. The highest BCUT2D eigenvalue weighted by Gasteiger charge is 2.23. The molecule has 4 aromatic rings. The van der Waals surface area contributed by atoms with E-state index in [0.29, 0.717) is 11.1 Å². The second kappa shape index (κ2) is 11.1. The Morgan fingerprint density at radius 2 is 1.67 bits per heavy atom. The first-order valence-corrected chi connectivity index (χ1v) is 11.0. The molecule has 182 valence electrons. The summed E-state index contributed by atoms with van der Waals surface area (Å²) < 4.78 is 20.8. The molecule has 0 bridgehead atoms. The van der Waals surface area contributed by atoms with Gasteiger partial charge in [0.2, 0.25) is 0 Å². The first kappa shape index (κ1) is 24.4. The van der Waals surface area contributed by atoms with Crippen molar-refractivity contribution in [3.63, 3.8) is 0 Å². The topological polar surface area (TPSA) is 141 Å². The molecule has 0 spiro atoms. The summed E-state index contributed by atoms with van der Waals surface area (Å²) in [6.45, 7) is -0.146. The normalized spacial score (nSPS) is 10.4. The monoisotopic (exact) mass is 505 g/mol. The zero-order chi connectivity index (χ0) is 25.5. The van der Waals surface area contributed by atoms with Crippen LogP contribution in [0.4, 0.5) is 0 Å². The minimum atomic E-state index is -0.715. The Labute approximate surface area is 210 Å². The fourth-order valence-electron chi connectivity index (χ4n) is 3.13. The van der Waals surface area contributed by atoms with Gasteiger partial charge in [0.05, 0.1) is 11.6 Å². The third kappa shape index (κ3) is 5.83. The maximum Gasteiger partial charge on any atom is 0.402 e. The molecule has 0 saturated heterocycles. The second-order valence-corrected chi connectivity index (χ2v) is 7.74. The molecule has 3 aromatic carbocycles. The van der Waals surface area contributed by atoms with E-state index in [9.17, 15) is 14.8 Å². The van der Waals surface area contributed by atoms with Gasteiger partial charge in [-0.2, -0.15) is 0 Å². The van der Waals surface area contributed by atoms with Gasteiger partial charge in [-0.3, -0.25) is 9.42 Å². The highest BCUT2D eigenvalue weighted by molar-refractivity contribution is 7.80. The SMILES string of the molecule is NC(=S)c1ccc(OC(=O)c2ccccc2OC(=O)CCOc2no[n+]([O-])c2-c2ccccc2)cc1. The molecule has 0 unspecified atom stereocenters. The number of para-hydroxylation sites is 1. The van der Waals surface area contributed by atoms with Gasteiger partial charge in [0.1, 0.15) is 28.7 Å². The van der Waals surface area contributed by atoms with E-state index in [1.165, 1.54) is 12.1 Å². The molecule has 36 heavy (non-hydrogen) atoms. The Hall–Kier alpha value is -4.77. The van der Waals surface area contributed by atoms with Crippen molar-refractivity contribution in [3.8, 4) is 28.6 Å². The molecule has 0 amide bonds. The third-order valence-corrected chi connectivity index (χ3v) is 5.09. The van der Waals surface area contributed by atoms with Crippen LogP contribution in [-0.2, 0) is 4.79 Å². The summed E-state index contributed by atoms with van der Waals surface area (Å²) >= 11 is 4.90. The van der Waals surface area contributed by atoms with Crippen molar-refractivity contribution in [1.82, 2.24) is 5.16 Å². The molecule has 10 nitrogen and oxygen atoms in total.